The molecule has 0 radical (unpaired) electrons. The summed E-state index contributed by atoms with van der Waals surface area (Å²) >= 11 is 4.09. The van der Waals surface area contributed by atoms with Gasteiger partial charge in [0.1, 0.15) is 29.9 Å². The Morgan fingerprint density at radius 3 is 1.88 bits per heavy atom. The zero-order valence-corrected chi connectivity index (χ0v) is 20.3. The van der Waals surface area contributed by atoms with E-state index in [4.69, 9.17) is 5.73 Å². The molecule has 0 bridgehead atoms. The molecule has 11 nitrogen and oxygen atoms in total. The van der Waals surface area contributed by atoms with E-state index in [1.54, 1.807) is 12.1 Å². The summed E-state index contributed by atoms with van der Waals surface area (Å²) in [4.78, 5) is 49.5. The number of carbonyl (C=O) groups is 4. The molecule has 1 rings (SSSR count). The number of aliphatic hydroxyl groups is 1. The van der Waals surface area contributed by atoms with Crippen LogP contribution >= 0.6 is 12.6 Å². The van der Waals surface area contributed by atoms with Gasteiger partial charge in [-0.05, 0) is 37.0 Å². The first-order valence-electron chi connectivity index (χ1n) is 10.8. The van der Waals surface area contributed by atoms with Crippen LogP contribution in [-0.4, -0.2) is 75.0 Å². The molecule has 0 spiro atoms. The molecule has 3 amide bonds. The first-order valence-corrected chi connectivity index (χ1v) is 11.4. The van der Waals surface area contributed by atoms with Crippen LogP contribution in [0, 0.1) is 5.92 Å². The summed E-state index contributed by atoms with van der Waals surface area (Å²) in [7, 11) is 0. The van der Waals surface area contributed by atoms with Crippen molar-refractivity contribution in [3.05, 3.63) is 29.8 Å². The van der Waals surface area contributed by atoms with Crippen LogP contribution in [0.3, 0.4) is 0 Å². The molecule has 1 aromatic carbocycles. The summed E-state index contributed by atoms with van der Waals surface area (Å²) in [6.07, 6.45) is -0.969. The van der Waals surface area contributed by atoms with E-state index in [9.17, 15) is 34.5 Å². The second kappa shape index (κ2) is 13.8. The van der Waals surface area contributed by atoms with Gasteiger partial charge in [-0.2, -0.15) is 12.6 Å². The smallest absolute Gasteiger partial charge is 0.326 e. The fourth-order valence-corrected chi connectivity index (χ4v) is 3.25. The van der Waals surface area contributed by atoms with E-state index in [1.807, 2.05) is 13.8 Å². The molecule has 0 heterocycles. The van der Waals surface area contributed by atoms with Gasteiger partial charge in [0.25, 0.3) is 0 Å². The molecule has 0 aromatic heterocycles. The second-order valence-corrected chi connectivity index (χ2v) is 8.84. The average molecular weight is 499 g/mol. The quantitative estimate of drug-likeness (QED) is 0.161. The molecule has 5 atom stereocenters. The fraction of sp³-hybridized carbons (Fsp3) is 0.545. The molecule has 0 fully saturated rings. The topological polar surface area (TPSA) is 191 Å². The number of carboxylic acids is 1. The highest BCUT2D eigenvalue weighted by Crippen LogP contribution is 2.12. The summed E-state index contributed by atoms with van der Waals surface area (Å²) in [5, 5.41) is 35.8. The highest BCUT2D eigenvalue weighted by Gasteiger charge is 2.30. The summed E-state index contributed by atoms with van der Waals surface area (Å²) in [6.45, 7) is 4.96. The number of nitrogens with one attached hydrogen (secondary N) is 3. The first-order chi connectivity index (χ1) is 15.8. The third kappa shape index (κ3) is 9.57. The van der Waals surface area contributed by atoms with Crippen LogP contribution in [0.4, 0.5) is 0 Å². The van der Waals surface area contributed by atoms with Crippen molar-refractivity contribution in [3.8, 4) is 5.75 Å². The van der Waals surface area contributed by atoms with Crippen molar-refractivity contribution in [1.29, 1.82) is 0 Å². The molecular weight excluding hydrogens is 464 g/mol. The molecule has 1 aromatic rings. The molecule has 12 heteroatoms. The SMILES string of the molecule is CC(C)CC(NC(=O)C(CS)NC(=O)C(Cc1ccc(O)cc1)NC(=O)C(N)C(C)O)C(=O)O. The van der Waals surface area contributed by atoms with Crippen molar-refractivity contribution in [1.82, 2.24) is 16.0 Å². The van der Waals surface area contributed by atoms with Crippen LogP contribution in [-0.2, 0) is 25.6 Å². The van der Waals surface area contributed by atoms with Crippen molar-refractivity contribution in [2.75, 3.05) is 5.75 Å². The van der Waals surface area contributed by atoms with Gasteiger partial charge >= 0.3 is 5.97 Å². The van der Waals surface area contributed by atoms with E-state index in [2.05, 4.69) is 28.6 Å². The van der Waals surface area contributed by atoms with Gasteiger partial charge in [0.05, 0.1) is 6.10 Å². The minimum Gasteiger partial charge on any atom is -0.508 e. The molecule has 0 saturated heterocycles. The van der Waals surface area contributed by atoms with Gasteiger partial charge in [-0.1, -0.05) is 26.0 Å². The van der Waals surface area contributed by atoms with Crippen molar-refractivity contribution in [2.24, 2.45) is 11.7 Å². The minimum atomic E-state index is -1.29. The number of phenols is 1. The molecule has 190 valence electrons. The third-order valence-corrected chi connectivity index (χ3v) is 5.33. The predicted octanol–water partition coefficient (Wildman–Crippen LogP) is -0.842. The van der Waals surface area contributed by atoms with Gasteiger partial charge in [0.2, 0.25) is 17.7 Å². The van der Waals surface area contributed by atoms with Gasteiger partial charge in [0.15, 0.2) is 0 Å². The van der Waals surface area contributed by atoms with Gasteiger partial charge in [0, 0.05) is 12.2 Å². The lowest BCUT2D eigenvalue weighted by atomic mass is 10.0. The fourth-order valence-electron chi connectivity index (χ4n) is 3.00. The summed E-state index contributed by atoms with van der Waals surface area (Å²) < 4.78 is 0. The number of nitrogens with two attached hydrogens (primary N) is 1. The van der Waals surface area contributed by atoms with Gasteiger partial charge in [-0.25, -0.2) is 4.79 Å². The molecule has 0 aliphatic rings. The van der Waals surface area contributed by atoms with Crippen molar-refractivity contribution in [2.45, 2.75) is 63.9 Å². The van der Waals surface area contributed by atoms with E-state index in [-0.39, 0.29) is 30.3 Å². The van der Waals surface area contributed by atoms with Crippen LogP contribution in [0.2, 0.25) is 0 Å². The van der Waals surface area contributed by atoms with Crippen LogP contribution in [0.5, 0.6) is 5.75 Å². The molecular formula is C22H34N4O7S. The lowest BCUT2D eigenvalue weighted by Crippen LogP contribution is -2.59. The Hall–Kier alpha value is -2.83. The molecule has 0 aliphatic heterocycles. The number of rotatable bonds is 13. The Kier molecular flexibility index (Phi) is 11.8. The standard InChI is InChI=1S/C22H34N4O7S/c1-11(2)8-16(22(32)33)25-20(30)17(10-34)26-19(29)15(24-21(31)18(23)12(3)27)9-13-4-6-14(28)7-5-13/h4-7,11-12,15-18,27-28,34H,8-10,23H2,1-3H3,(H,24,31)(H,25,30)(H,26,29)(H,32,33). The van der Waals surface area contributed by atoms with Crippen molar-refractivity contribution >= 4 is 36.3 Å². The highest BCUT2D eigenvalue weighted by molar-refractivity contribution is 7.80. The average Bonchev–Trinajstić information content (AvgIpc) is 2.76. The zero-order valence-electron chi connectivity index (χ0n) is 19.4. The van der Waals surface area contributed by atoms with E-state index in [0.717, 1.165) is 0 Å². The second-order valence-electron chi connectivity index (χ2n) is 8.47. The third-order valence-electron chi connectivity index (χ3n) is 4.97. The minimum absolute atomic E-state index is 0.00358. The number of carboxylic acid groups (broad SMARTS) is 1. The number of aliphatic carboxylic acids is 1. The number of hydrogen-bond acceptors (Lipinski definition) is 8. The zero-order chi connectivity index (χ0) is 26.0. The van der Waals surface area contributed by atoms with E-state index in [1.165, 1.54) is 19.1 Å². The number of aromatic hydroxyl groups is 1. The van der Waals surface area contributed by atoms with Crippen molar-refractivity contribution in [3.63, 3.8) is 0 Å². The van der Waals surface area contributed by atoms with Crippen LogP contribution in [0.1, 0.15) is 32.8 Å². The maximum absolute atomic E-state index is 13.0. The largest absolute Gasteiger partial charge is 0.508 e. The van der Waals surface area contributed by atoms with E-state index >= 15 is 0 Å². The summed E-state index contributed by atoms with van der Waals surface area (Å²) in [5.41, 5.74) is 6.26. The Morgan fingerprint density at radius 1 is 0.912 bits per heavy atom. The normalized spacial score (nSPS) is 15.5. The number of carbonyl (C=O) groups excluding carboxylic acids is 3. The van der Waals surface area contributed by atoms with Gasteiger partial charge in [-0.3, -0.25) is 14.4 Å². The van der Waals surface area contributed by atoms with Crippen LogP contribution in [0.15, 0.2) is 24.3 Å². The molecule has 0 aliphatic carbocycles. The summed E-state index contributed by atoms with van der Waals surface area (Å²) in [5.74, 6) is -3.53. The van der Waals surface area contributed by atoms with Gasteiger partial charge < -0.3 is 37.0 Å². The Bertz CT molecular complexity index is 848. The monoisotopic (exact) mass is 498 g/mol. The van der Waals surface area contributed by atoms with Crippen molar-refractivity contribution < 1.29 is 34.5 Å². The number of amides is 3. The highest BCUT2D eigenvalue weighted by atomic mass is 32.1. The maximum atomic E-state index is 13.0. The number of thiol groups is 1. The molecule has 5 unspecified atom stereocenters. The number of aliphatic hydroxyl groups excluding tert-OH is 1. The molecule has 8 N–H and O–H groups in total. The maximum Gasteiger partial charge on any atom is 0.326 e. The van der Waals surface area contributed by atoms with E-state index < -0.39 is 54.0 Å². The Morgan fingerprint density at radius 2 is 1.41 bits per heavy atom. The van der Waals surface area contributed by atoms with Crippen LogP contribution < -0.4 is 21.7 Å². The number of hydrogen-bond donors (Lipinski definition) is 8. The number of benzene rings is 1. The first kappa shape index (κ1) is 29.2. The Balaban J connectivity index is 3.02. The lowest BCUT2D eigenvalue weighted by Gasteiger charge is -2.25. The number of phenolic OH excluding ortho intramolecular Hbond substituents is 1. The lowest BCUT2D eigenvalue weighted by molar-refractivity contribution is -0.142. The summed E-state index contributed by atoms with van der Waals surface area (Å²) in [6, 6.07) is 1.18. The van der Waals surface area contributed by atoms with Crippen LogP contribution in [0.25, 0.3) is 0 Å². The Labute approximate surface area is 203 Å². The van der Waals surface area contributed by atoms with Gasteiger partial charge in [-0.15, -0.1) is 0 Å². The van der Waals surface area contributed by atoms with E-state index in [0.29, 0.717) is 5.56 Å². The molecule has 34 heavy (non-hydrogen) atoms. The molecule has 0 saturated carbocycles. The predicted molar refractivity (Wildman–Crippen MR) is 128 cm³/mol.